The van der Waals surface area contributed by atoms with Gasteiger partial charge in [0.15, 0.2) is 0 Å². The molecule has 1 aromatic heterocycles. The molecule has 0 atom stereocenters. The van der Waals surface area contributed by atoms with E-state index in [-0.39, 0.29) is 5.91 Å². The lowest BCUT2D eigenvalue weighted by molar-refractivity contribution is -0.116. The number of thiazole rings is 1. The van der Waals surface area contributed by atoms with Crippen molar-refractivity contribution in [3.63, 3.8) is 0 Å². The van der Waals surface area contributed by atoms with Crippen LogP contribution in [-0.4, -0.2) is 10.9 Å². The van der Waals surface area contributed by atoms with E-state index in [2.05, 4.69) is 17.2 Å². The Morgan fingerprint density at radius 1 is 1.23 bits per heavy atom. The molecule has 1 amide bonds. The van der Waals surface area contributed by atoms with Crippen molar-refractivity contribution in [3.05, 3.63) is 46.1 Å². The van der Waals surface area contributed by atoms with Crippen molar-refractivity contribution in [2.24, 2.45) is 0 Å². The van der Waals surface area contributed by atoms with E-state index < -0.39 is 0 Å². The van der Waals surface area contributed by atoms with Gasteiger partial charge in [0, 0.05) is 11.4 Å². The minimum absolute atomic E-state index is 0.0552. The number of aromatic nitrogens is 1. The fourth-order valence-electron chi connectivity index (χ4n) is 2.12. The highest BCUT2D eigenvalue weighted by Crippen LogP contribution is 2.20. The molecule has 0 radical (unpaired) electrons. The number of halogens is 1. The summed E-state index contributed by atoms with van der Waals surface area (Å²) >= 11 is 7.43. The number of carbonyl (C=O) groups excluding carboxylic acids is 1. The molecule has 1 heterocycles. The first-order chi connectivity index (χ1) is 10.7. The van der Waals surface area contributed by atoms with Crippen LogP contribution in [0.4, 0.5) is 5.00 Å². The van der Waals surface area contributed by atoms with Gasteiger partial charge in [-0.05, 0) is 43.4 Å². The zero-order valence-corrected chi connectivity index (χ0v) is 14.3. The number of carbonyl (C=O) groups is 1. The highest BCUT2D eigenvalue weighted by Gasteiger charge is 2.06. The molecule has 0 aliphatic carbocycles. The number of anilines is 1. The van der Waals surface area contributed by atoms with Crippen molar-refractivity contribution in [2.45, 2.75) is 45.4 Å². The van der Waals surface area contributed by atoms with Gasteiger partial charge in [-0.1, -0.05) is 37.1 Å². The van der Waals surface area contributed by atoms with Crippen molar-refractivity contribution < 1.29 is 4.79 Å². The number of hydrogen-bond acceptors (Lipinski definition) is 3. The topological polar surface area (TPSA) is 42.0 Å². The van der Waals surface area contributed by atoms with Crippen LogP contribution in [0, 0.1) is 0 Å². The van der Waals surface area contributed by atoms with Gasteiger partial charge < -0.3 is 5.32 Å². The normalized spacial score (nSPS) is 10.6. The number of nitrogens with one attached hydrogen (secondary N) is 1. The summed E-state index contributed by atoms with van der Waals surface area (Å²) in [7, 11) is 0. The van der Waals surface area contributed by atoms with Gasteiger partial charge in [-0.25, -0.2) is 4.98 Å². The quantitative estimate of drug-likeness (QED) is 0.728. The number of rotatable bonds is 8. The molecule has 3 nitrogen and oxygen atoms in total. The van der Waals surface area contributed by atoms with Crippen LogP contribution in [0.25, 0.3) is 0 Å². The average molecular weight is 337 g/mol. The molecular weight excluding hydrogens is 316 g/mol. The van der Waals surface area contributed by atoms with E-state index in [9.17, 15) is 4.79 Å². The third kappa shape index (κ3) is 5.78. The molecule has 0 saturated carbocycles. The maximum absolute atomic E-state index is 11.9. The molecular formula is C17H21ClN2OS. The van der Waals surface area contributed by atoms with E-state index in [1.165, 1.54) is 5.56 Å². The van der Waals surface area contributed by atoms with Crippen LogP contribution in [0.5, 0.6) is 0 Å². The Kier molecular flexibility index (Phi) is 6.87. The van der Waals surface area contributed by atoms with E-state index >= 15 is 0 Å². The van der Waals surface area contributed by atoms with Crippen LogP contribution in [0.1, 0.15) is 43.2 Å². The first-order valence-corrected chi connectivity index (χ1v) is 8.86. The van der Waals surface area contributed by atoms with Gasteiger partial charge in [0.05, 0.1) is 11.2 Å². The molecule has 0 aliphatic rings. The molecule has 2 aromatic rings. The second-order valence-electron chi connectivity index (χ2n) is 5.25. The predicted octanol–water partition coefficient (Wildman–Crippen LogP) is 5.10. The van der Waals surface area contributed by atoms with Crippen molar-refractivity contribution in [2.75, 3.05) is 5.32 Å². The zero-order chi connectivity index (χ0) is 15.8. The zero-order valence-electron chi connectivity index (χ0n) is 12.8. The molecule has 118 valence electrons. The van der Waals surface area contributed by atoms with Gasteiger partial charge in [-0.15, -0.1) is 11.3 Å². The predicted molar refractivity (Wildman–Crippen MR) is 93.7 cm³/mol. The van der Waals surface area contributed by atoms with Crippen LogP contribution in [0.3, 0.4) is 0 Å². The average Bonchev–Trinajstić information content (AvgIpc) is 2.94. The van der Waals surface area contributed by atoms with Gasteiger partial charge in [-0.3, -0.25) is 4.79 Å². The maximum atomic E-state index is 11.9. The first-order valence-electron chi connectivity index (χ1n) is 7.66. The molecule has 1 aromatic carbocycles. The Morgan fingerprint density at radius 2 is 2.00 bits per heavy atom. The SMILES string of the molecule is CCCCc1ncc(NC(=O)CCCc2ccc(Cl)cc2)s1. The molecule has 0 spiro atoms. The summed E-state index contributed by atoms with van der Waals surface area (Å²) in [4.78, 5) is 16.3. The molecule has 0 fully saturated rings. The maximum Gasteiger partial charge on any atom is 0.225 e. The fourth-order valence-corrected chi connectivity index (χ4v) is 3.12. The molecule has 0 bridgehead atoms. The Balaban J connectivity index is 1.71. The minimum Gasteiger partial charge on any atom is -0.316 e. The fraction of sp³-hybridized carbons (Fsp3) is 0.412. The summed E-state index contributed by atoms with van der Waals surface area (Å²) in [5, 5.41) is 5.62. The van der Waals surface area contributed by atoms with Crippen molar-refractivity contribution in [1.29, 1.82) is 0 Å². The Bertz CT molecular complexity index is 595. The molecule has 5 heteroatoms. The van der Waals surface area contributed by atoms with Crippen LogP contribution in [0.15, 0.2) is 30.5 Å². The summed E-state index contributed by atoms with van der Waals surface area (Å²) < 4.78 is 0. The Labute approximate surface area is 140 Å². The number of nitrogens with zero attached hydrogens (tertiary/aromatic N) is 1. The second kappa shape index (κ2) is 8.91. The molecule has 22 heavy (non-hydrogen) atoms. The van der Waals surface area contributed by atoms with Crippen LogP contribution >= 0.6 is 22.9 Å². The van der Waals surface area contributed by atoms with E-state index in [1.54, 1.807) is 17.5 Å². The van der Waals surface area contributed by atoms with E-state index in [0.717, 1.165) is 47.1 Å². The third-order valence-corrected chi connectivity index (χ3v) is 4.57. The van der Waals surface area contributed by atoms with E-state index in [0.29, 0.717) is 6.42 Å². The Hall–Kier alpha value is -1.39. The van der Waals surface area contributed by atoms with Gasteiger partial charge in [0.1, 0.15) is 5.00 Å². The molecule has 0 unspecified atom stereocenters. The van der Waals surface area contributed by atoms with Crippen molar-refractivity contribution in [1.82, 2.24) is 4.98 Å². The number of hydrogen-bond donors (Lipinski definition) is 1. The van der Waals surface area contributed by atoms with Crippen molar-refractivity contribution in [3.8, 4) is 0 Å². The smallest absolute Gasteiger partial charge is 0.225 e. The molecule has 0 saturated heterocycles. The number of aryl methyl sites for hydroxylation is 2. The summed E-state index contributed by atoms with van der Waals surface area (Å²) in [5.74, 6) is 0.0552. The summed E-state index contributed by atoms with van der Waals surface area (Å²) in [5.41, 5.74) is 1.21. The molecule has 2 rings (SSSR count). The highest BCUT2D eigenvalue weighted by atomic mass is 35.5. The van der Waals surface area contributed by atoms with Gasteiger partial charge in [0.25, 0.3) is 0 Å². The van der Waals surface area contributed by atoms with Gasteiger partial charge in [-0.2, -0.15) is 0 Å². The monoisotopic (exact) mass is 336 g/mol. The molecule has 1 N–H and O–H groups in total. The van der Waals surface area contributed by atoms with Crippen molar-refractivity contribution >= 4 is 33.8 Å². The number of amides is 1. The lowest BCUT2D eigenvalue weighted by Gasteiger charge is -2.03. The minimum atomic E-state index is 0.0552. The second-order valence-corrected chi connectivity index (χ2v) is 6.80. The van der Waals surface area contributed by atoms with Gasteiger partial charge in [0.2, 0.25) is 5.91 Å². The standard InChI is InChI=1S/C17H21ClN2OS/c1-2-3-7-16-19-12-17(22-16)20-15(21)6-4-5-13-8-10-14(18)11-9-13/h8-12H,2-7H2,1H3,(H,20,21). The lowest BCUT2D eigenvalue weighted by Crippen LogP contribution is -2.10. The third-order valence-electron chi connectivity index (χ3n) is 3.34. The summed E-state index contributed by atoms with van der Waals surface area (Å²) in [6.45, 7) is 2.16. The highest BCUT2D eigenvalue weighted by molar-refractivity contribution is 7.15. The largest absolute Gasteiger partial charge is 0.316 e. The van der Waals surface area contributed by atoms with E-state index in [1.807, 2.05) is 24.3 Å². The number of benzene rings is 1. The molecule has 0 aliphatic heterocycles. The van der Waals surface area contributed by atoms with Crippen LogP contribution in [0.2, 0.25) is 5.02 Å². The van der Waals surface area contributed by atoms with Crippen LogP contribution in [-0.2, 0) is 17.6 Å². The lowest BCUT2D eigenvalue weighted by atomic mass is 10.1. The summed E-state index contributed by atoms with van der Waals surface area (Å²) in [6, 6.07) is 7.77. The summed E-state index contributed by atoms with van der Waals surface area (Å²) in [6.07, 6.45) is 7.28. The van der Waals surface area contributed by atoms with E-state index in [4.69, 9.17) is 11.6 Å². The first kappa shape index (κ1) is 17.0. The Morgan fingerprint density at radius 3 is 2.73 bits per heavy atom. The van der Waals surface area contributed by atoms with Gasteiger partial charge >= 0.3 is 0 Å². The van der Waals surface area contributed by atoms with Crippen LogP contribution < -0.4 is 5.32 Å². The number of unbranched alkanes of at least 4 members (excludes halogenated alkanes) is 1.